The third-order valence-electron chi connectivity index (χ3n) is 3.00. The van der Waals surface area contributed by atoms with E-state index in [4.69, 9.17) is 5.73 Å². The number of nitrogens with two attached hydrogens (primary N) is 1. The topological polar surface area (TPSA) is 75.3 Å². The molecule has 1 unspecified atom stereocenters. The minimum Gasteiger partial charge on any atom is -0.508 e. The molecule has 1 atom stereocenters. The summed E-state index contributed by atoms with van der Waals surface area (Å²) < 4.78 is 0. The van der Waals surface area contributed by atoms with Crippen LogP contribution in [0.5, 0.6) is 5.75 Å². The highest BCUT2D eigenvalue weighted by atomic mass is 16.3. The van der Waals surface area contributed by atoms with Gasteiger partial charge >= 0.3 is 0 Å². The van der Waals surface area contributed by atoms with Crippen molar-refractivity contribution in [1.82, 2.24) is 0 Å². The fourth-order valence-corrected chi connectivity index (χ4v) is 1.93. The molecule has 4 heteroatoms. The maximum Gasteiger partial charge on any atom is 0.228 e. The van der Waals surface area contributed by atoms with E-state index in [2.05, 4.69) is 5.32 Å². The standard InChI is InChI=1S/C16H18N2O2/c1-11(17)13-5-7-14(8-6-13)18-16(20)10-12-3-2-4-15(19)9-12/h2-9,11,19H,10,17H2,1H3,(H,18,20). The molecule has 1 amide bonds. The summed E-state index contributed by atoms with van der Waals surface area (Å²) in [5, 5.41) is 12.2. The lowest BCUT2D eigenvalue weighted by atomic mass is 10.1. The first kappa shape index (κ1) is 14.1. The van der Waals surface area contributed by atoms with E-state index in [0.29, 0.717) is 0 Å². The van der Waals surface area contributed by atoms with Gasteiger partial charge in [0.1, 0.15) is 5.75 Å². The summed E-state index contributed by atoms with van der Waals surface area (Å²) in [5.74, 6) is 0.0423. The molecule has 2 aromatic carbocycles. The third-order valence-corrected chi connectivity index (χ3v) is 3.00. The van der Waals surface area contributed by atoms with Gasteiger partial charge in [0.25, 0.3) is 0 Å². The summed E-state index contributed by atoms with van der Waals surface area (Å²) in [7, 11) is 0. The number of carbonyl (C=O) groups is 1. The number of hydrogen-bond acceptors (Lipinski definition) is 3. The first-order valence-electron chi connectivity index (χ1n) is 6.48. The Hall–Kier alpha value is -2.33. The molecule has 0 fully saturated rings. The average molecular weight is 270 g/mol. The van der Waals surface area contributed by atoms with E-state index in [9.17, 15) is 9.90 Å². The molecule has 0 bridgehead atoms. The van der Waals surface area contributed by atoms with Gasteiger partial charge in [-0.3, -0.25) is 4.79 Å². The van der Waals surface area contributed by atoms with E-state index >= 15 is 0 Å². The molecule has 0 aliphatic heterocycles. The summed E-state index contributed by atoms with van der Waals surface area (Å²) in [4.78, 5) is 11.9. The van der Waals surface area contributed by atoms with Crippen molar-refractivity contribution < 1.29 is 9.90 Å². The number of amides is 1. The van der Waals surface area contributed by atoms with Crippen LogP contribution in [0.2, 0.25) is 0 Å². The maximum absolute atomic E-state index is 11.9. The van der Waals surface area contributed by atoms with Gasteiger partial charge in [-0.05, 0) is 42.3 Å². The van der Waals surface area contributed by atoms with E-state index in [-0.39, 0.29) is 24.1 Å². The van der Waals surface area contributed by atoms with Crippen LogP contribution in [0.3, 0.4) is 0 Å². The Morgan fingerprint density at radius 2 is 1.95 bits per heavy atom. The lowest BCUT2D eigenvalue weighted by Crippen LogP contribution is -2.14. The van der Waals surface area contributed by atoms with Gasteiger partial charge in [0.05, 0.1) is 6.42 Å². The van der Waals surface area contributed by atoms with Gasteiger partial charge in [0.15, 0.2) is 0 Å². The van der Waals surface area contributed by atoms with Crippen molar-refractivity contribution in [3.8, 4) is 5.75 Å². The van der Waals surface area contributed by atoms with Crippen molar-refractivity contribution in [2.45, 2.75) is 19.4 Å². The Bertz CT molecular complexity index is 592. The van der Waals surface area contributed by atoms with Crippen molar-refractivity contribution in [1.29, 1.82) is 0 Å². The van der Waals surface area contributed by atoms with Crippen LogP contribution in [-0.4, -0.2) is 11.0 Å². The predicted octanol–water partition coefficient (Wildman–Crippen LogP) is 2.59. The fraction of sp³-hybridized carbons (Fsp3) is 0.188. The van der Waals surface area contributed by atoms with Crippen molar-refractivity contribution in [3.63, 3.8) is 0 Å². The third kappa shape index (κ3) is 3.83. The number of hydrogen-bond donors (Lipinski definition) is 3. The Balaban J connectivity index is 1.97. The monoisotopic (exact) mass is 270 g/mol. The summed E-state index contributed by atoms with van der Waals surface area (Å²) in [5.41, 5.74) is 8.30. The molecule has 2 aromatic rings. The molecular formula is C16H18N2O2. The molecule has 0 aliphatic carbocycles. The smallest absolute Gasteiger partial charge is 0.228 e. The lowest BCUT2D eigenvalue weighted by molar-refractivity contribution is -0.115. The molecule has 0 saturated carbocycles. The minimum absolute atomic E-state index is 0.0213. The van der Waals surface area contributed by atoms with Gasteiger partial charge in [-0.2, -0.15) is 0 Å². The number of carbonyl (C=O) groups excluding carboxylic acids is 1. The molecule has 4 nitrogen and oxygen atoms in total. The minimum atomic E-state index is -0.121. The molecular weight excluding hydrogens is 252 g/mol. The summed E-state index contributed by atoms with van der Waals surface area (Å²) in [6, 6.07) is 14.1. The number of aromatic hydroxyl groups is 1. The molecule has 104 valence electrons. The van der Waals surface area contributed by atoms with E-state index in [0.717, 1.165) is 16.8 Å². The van der Waals surface area contributed by atoms with Crippen LogP contribution in [0, 0.1) is 0 Å². The Morgan fingerprint density at radius 3 is 2.55 bits per heavy atom. The zero-order valence-corrected chi connectivity index (χ0v) is 11.3. The second-order valence-corrected chi connectivity index (χ2v) is 4.81. The maximum atomic E-state index is 11.9. The molecule has 0 radical (unpaired) electrons. The van der Waals surface area contributed by atoms with Crippen LogP contribution in [0.25, 0.3) is 0 Å². The van der Waals surface area contributed by atoms with E-state index in [1.807, 2.05) is 31.2 Å². The zero-order chi connectivity index (χ0) is 14.5. The number of rotatable bonds is 4. The van der Waals surface area contributed by atoms with Crippen LogP contribution < -0.4 is 11.1 Å². The van der Waals surface area contributed by atoms with Crippen molar-refractivity contribution in [2.24, 2.45) is 5.73 Å². The molecule has 0 saturated heterocycles. The Kier molecular flexibility index (Phi) is 4.38. The molecule has 4 N–H and O–H groups in total. The Morgan fingerprint density at radius 1 is 1.25 bits per heavy atom. The SMILES string of the molecule is CC(N)c1ccc(NC(=O)Cc2cccc(O)c2)cc1. The van der Waals surface area contributed by atoms with Crippen LogP contribution in [-0.2, 0) is 11.2 Å². The Labute approximate surface area is 118 Å². The van der Waals surface area contributed by atoms with E-state index < -0.39 is 0 Å². The van der Waals surface area contributed by atoms with Crippen LogP contribution >= 0.6 is 0 Å². The van der Waals surface area contributed by atoms with Crippen LogP contribution in [0.15, 0.2) is 48.5 Å². The lowest BCUT2D eigenvalue weighted by Gasteiger charge is -2.08. The number of phenolic OH excluding ortho intramolecular Hbond substituents is 1. The first-order valence-corrected chi connectivity index (χ1v) is 6.48. The quantitative estimate of drug-likeness (QED) is 0.799. The highest BCUT2D eigenvalue weighted by molar-refractivity contribution is 5.92. The number of phenols is 1. The second-order valence-electron chi connectivity index (χ2n) is 4.81. The zero-order valence-electron chi connectivity index (χ0n) is 11.3. The van der Waals surface area contributed by atoms with Crippen LogP contribution in [0.4, 0.5) is 5.69 Å². The average Bonchev–Trinajstić information content (AvgIpc) is 2.39. The number of anilines is 1. The highest BCUT2D eigenvalue weighted by Crippen LogP contribution is 2.15. The van der Waals surface area contributed by atoms with Gasteiger partial charge in [0, 0.05) is 11.7 Å². The first-order chi connectivity index (χ1) is 9.54. The molecule has 0 aromatic heterocycles. The summed E-state index contributed by atoms with van der Waals surface area (Å²) >= 11 is 0. The van der Waals surface area contributed by atoms with Gasteiger partial charge in [-0.15, -0.1) is 0 Å². The van der Waals surface area contributed by atoms with Gasteiger partial charge in [0.2, 0.25) is 5.91 Å². The predicted molar refractivity (Wildman–Crippen MR) is 79.5 cm³/mol. The van der Waals surface area contributed by atoms with Gasteiger partial charge < -0.3 is 16.2 Å². The normalized spacial score (nSPS) is 11.9. The van der Waals surface area contributed by atoms with E-state index in [1.54, 1.807) is 24.3 Å². The molecule has 0 heterocycles. The van der Waals surface area contributed by atoms with Gasteiger partial charge in [-0.25, -0.2) is 0 Å². The largest absolute Gasteiger partial charge is 0.508 e. The number of nitrogens with one attached hydrogen (secondary N) is 1. The number of benzene rings is 2. The summed E-state index contributed by atoms with van der Waals surface area (Å²) in [6.45, 7) is 1.91. The van der Waals surface area contributed by atoms with Crippen molar-refractivity contribution in [3.05, 3.63) is 59.7 Å². The molecule has 20 heavy (non-hydrogen) atoms. The van der Waals surface area contributed by atoms with Gasteiger partial charge in [-0.1, -0.05) is 24.3 Å². The summed E-state index contributed by atoms with van der Waals surface area (Å²) in [6.07, 6.45) is 0.226. The van der Waals surface area contributed by atoms with E-state index in [1.165, 1.54) is 0 Å². The molecule has 0 aliphatic rings. The molecule has 2 rings (SSSR count). The van der Waals surface area contributed by atoms with Crippen molar-refractivity contribution >= 4 is 11.6 Å². The fourth-order valence-electron chi connectivity index (χ4n) is 1.93. The molecule has 0 spiro atoms. The second kappa shape index (κ2) is 6.21. The van der Waals surface area contributed by atoms with Crippen LogP contribution in [0.1, 0.15) is 24.1 Å². The highest BCUT2D eigenvalue weighted by Gasteiger charge is 2.05. The van der Waals surface area contributed by atoms with Crippen molar-refractivity contribution in [2.75, 3.05) is 5.32 Å².